The summed E-state index contributed by atoms with van der Waals surface area (Å²) in [5.41, 5.74) is 2.82. The molecule has 2 aromatic rings. The van der Waals surface area contributed by atoms with Gasteiger partial charge >= 0.3 is 0 Å². The normalized spacial score (nSPS) is 10.3. The van der Waals surface area contributed by atoms with Gasteiger partial charge in [0.2, 0.25) is 0 Å². The Hall–Kier alpha value is -2.60. The highest BCUT2D eigenvalue weighted by molar-refractivity contribution is 6.33. The average Bonchev–Trinajstić information content (AvgIpc) is 2.51. The average molecular weight is 349 g/mol. The third-order valence-electron chi connectivity index (χ3n) is 3.68. The highest BCUT2D eigenvalue weighted by Gasteiger charge is 2.16. The quantitative estimate of drug-likeness (QED) is 0.648. The largest absolute Gasteiger partial charge is 0.483 e. The Kier molecular flexibility index (Phi) is 5.41. The lowest BCUT2D eigenvalue weighted by Crippen LogP contribution is -2.21. The molecule has 0 unspecified atom stereocenters. The fourth-order valence-electron chi connectivity index (χ4n) is 2.15. The van der Waals surface area contributed by atoms with Gasteiger partial charge in [-0.25, -0.2) is 0 Å². The summed E-state index contributed by atoms with van der Waals surface area (Å²) in [6.45, 7) is 5.37. The Morgan fingerprint density at radius 3 is 2.62 bits per heavy atom. The van der Waals surface area contributed by atoms with E-state index in [4.69, 9.17) is 16.3 Å². The first-order valence-corrected chi connectivity index (χ1v) is 7.60. The van der Waals surface area contributed by atoms with Gasteiger partial charge in [-0.2, -0.15) is 0 Å². The van der Waals surface area contributed by atoms with Crippen molar-refractivity contribution < 1.29 is 14.5 Å². The molecule has 0 aliphatic carbocycles. The van der Waals surface area contributed by atoms with Gasteiger partial charge in [-0.3, -0.25) is 14.9 Å². The van der Waals surface area contributed by atoms with Crippen LogP contribution in [0.15, 0.2) is 30.3 Å². The van der Waals surface area contributed by atoms with Crippen molar-refractivity contribution in [2.75, 3.05) is 11.9 Å². The molecule has 2 rings (SSSR count). The third-order valence-corrected chi connectivity index (χ3v) is 3.98. The van der Waals surface area contributed by atoms with Gasteiger partial charge in [-0.05, 0) is 49.6 Å². The van der Waals surface area contributed by atoms with Crippen molar-refractivity contribution in [1.29, 1.82) is 0 Å². The highest BCUT2D eigenvalue weighted by atomic mass is 35.5. The number of halogens is 1. The Morgan fingerprint density at radius 1 is 1.25 bits per heavy atom. The van der Waals surface area contributed by atoms with Gasteiger partial charge in [0.1, 0.15) is 10.8 Å². The zero-order valence-corrected chi connectivity index (χ0v) is 14.3. The summed E-state index contributed by atoms with van der Waals surface area (Å²) in [5, 5.41) is 13.5. The molecule has 0 saturated heterocycles. The second-order valence-electron chi connectivity index (χ2n) is 5.41. The Labute approximate surface area is 144 Å². The molecule has 126 valence electrons. The molecule has 24 heavy (non-hydrogen) atoms. The number of nitrogens with zero attached hydrogens (tertiary/aromatic N) is 1. The van der Waals surface area contributed by atoms with Crippen molar-refractivity contribution in [3.63, 3.8) is 0 Å². The van der Waals surface area contributed by atoms with E-state index in [1.54, 1.807) is 13.0 Å². The molecule has 7 heteroatoms. The van der Waals surface area contributed by atoms with E-state index in [2.05, 4.69) is 5.32 Å². The molecule has 0 saturated carbocycles. The second-order valence-corrected chi connectivity index (χ2v) is 5.82. The molecular weight excluding hydrogens is 332 g/mol. The lowest BCUT2D eigenvalue weighted by molar-refractivity contribution is -0.384. The standard InChI is InChI=1S/C17H17ClN2O4/c1-10-5-4-6-16(12(10)3)24-9-17(21)19-14-8-13(18)15(20(22)23)7-11(14)2/h4-8H,9H2,1-3H3,(H,19,21). The smallest absolute Gasteiger partial charge is 0.288 e. The van der Waals surface area contributed by atoms with Crippen molar-refractivity contribution in [1.82, 2.24) is 0 Å². The van der Waals surface area contributed by atoms with Gasteiger partial charge in [0.15, 0.2) is 6.61 Å². The van der Waals surface area contributed by atoms with Crippen LogP contribution in [0.2, 0.25) is 5.02 Å². The number of rotatable bonds is 5. The number of nitrogens with one attached hydrogen (secondary N) is 1. The van der Waals surface area contributed by atoms with E-state index in [1.807, 2.05) is 26.0 Å². The van der Waals surface area contributed by atoms with Crippen molar-refractivity contribution in [3.8, 4) is 5.75 Å². The number of carbonyl (C=O) groups excluding carboxylic acids is 1. The van der Waals surface area contributed by atoms with Crippen molar-refractivity contribution in [2.24, 2.45) is 0 Å². The molecular formula is C17H17ClN2O4. The van der Waals surface area contributed by atoms with Gasteiger partial charge in [-0.1, -0.05) is 23.7 Å². The van der Waals surface area contributed by atoms with E-state index in [9.17, 15) is 14.9 Å². The van der Waals surface area contributed by atoms with Crippen LogP contribution in [0.3, 0.4) is 0 Å². The Bertz CT molecular complexity index is 805. The number of amides is 1. The molecule has 0 aliphatic rings. The van der Waals surface area contributed by atoms with Crippen LogP contribution in [0, 0.1) is 30.9 Å². The molecule has 0 bridgehead atoms. The van der Waals surface area contributed by atoms with E-state index in [0.29, 0.717) is 17.0 Å². The summed E-state index contributed by atoms with van der Waals surface area (Å²) in [5.74, 6) is 0.271. The Morgan fingerprint density at radius 2 is 1.96 bits per heavy atom. The minimum atomic E-state index is -0.565. The number of carbonyl (C=O) groups is 1. The maximum absolute atomic E-state index is 12.1. The van der Waals surface area contributed by atoms with Crippen molar-refractivity contribution >= 4 is 28.9 Å². The monoisotopic (exact) mass is 348 g/mol. The van der Waals surface area contributed by atoms with Crippen LogP contribution in [0.4, 0.5) is 11.4 Å². The minimum Gasteiger partial charge on any atom is -0.483 e. The third kappa shape index (κ3) is 4.02. The van der Waals surface area contributed by atoms with E-state index < -0.39 is 4.92 Å². The van der Waals surface area contributed by atoms with Crippen LogP contribution in [-0.4, -0.2) is 17.4 Å². The number of nitro groups is 1. The van der Waals surface area contributed by atoms with Crippen LogP contribution in [0.25, 0.3) is 0 Å². The predicted octanol–water partition coefficient (Wildman–Crippen LogP) is 4.19. The fraction of sp³-hybridized carbons (Fsp3) is 0.235. The lowest BCUT2D eigenvalue weighted by Gasteiger charge is -2.12. The van der Waals surface area contributed by atoms with Crippen LogP contribution < -0.4 is 10.1 Å². The van der Waals surface area contributed by atoms with Crippen LogP contribution >= 0.6 is 11.6 Å². The lowest BCUT2D eigenvalue weighted by atomic mass is 10.1. The molecule has 0 spiro atoms. The van der Waals surface area contributed by atoms with Crippen LogP contribution in [0.1, 0.15) is 16.7 Å². The number of ether oxygens (including phenoxy) is 1. The maximum atomic E-state index is 12.1. The highest BCUT2D eigenvalue weighted by Crippen LogP contribution is 2.30. The van der Waals surface area contributed by atoms with Crippen LogP contribution in [0.5, 0.6) is 5.75 Å². The molecule has 0 aliphatic heterocycles. The molecule has 6 nitrogen and oxygen atoms in total. The zero-order chi connectivity index (χ0) is 17.9. The number of nitro benzene ring substituents is 1. The van der Waals surface area contributed by atoms with E-state index in [0.717, 1.165) is 11.1 Å². The van der Waals surface area contributed by atoms with E-state index in [-0.39, 0.29) is 23.2 Å². The minimum absolute atomic E-state index is 0.0312. The summed E-state index contributed by atoms with van der Waals surface area (Å²) < 4.78 is 5.53. The maximum Gasteiger partial charge on any atom is 0.288 e. The SMILES string of the molecule is Cc1cc([N+](=O)[O-])c(Cl)cc1NC(=O)COc1cccc(C)c1C. The molecule has 2 aromatic carbocycles. The van der Waals surface area contributed by atoms with Crippen molar-refractivity contribution in [3.05, 3.63) is 62.2 Å². The molecule has 1 amide bonds. The summed E-state index contributed by atoms with van der Waals surface area (Å²) in [4.78, 5) is 22.3. The topological polar surface area (TPSA) is 81.5 Å². The fourth-order valence-corrected chi connectivity index (χ4v) is 2.38. The second kappa shape index (κ2) is 7.31. The van der Waals surface area contributed by atoms with Gasteiger partial charge in [0.25, 0.3) is 11.6 Å². The van der Waals surface area contributed by atoms with Gasteiger partial charge < -0.3 is 10.1 Å². The zero-order valence-electron chi connectivity index (χ0n) is 13.6. The molecule has 0 heterocycles. The number of benzene rings is 2. The summed E-state index contributed by atoms with van der Waals surface area (Å²) in [7, 11) is 0. The van der Waals surface area contributed by atoms with E-state index >= 15 is 0 Å². The first-order valence-electron chi connectivity index (χ1n) is 7.23. The van der Waals surface area contributed by atoms with Crippen molar-refractivity contribution in [2.45, 2.75) is 20.8 Å². The molecule has 0 radical (unpaired) electrons. The Balaban J connectivity index is 2.06. The van der Waals surface area contributed by atoms with Gasteiger partial charge in [0, 0.05) is 11.8 Å². The summed E-state index contributed by atoms with van der Waals surface area (Å²) in [6, 6.07) is 8.30. The summed E-state index contributed by atoms with van der Waals surface area (Å²) >= 11 is 5.87. The molecule has 0 fully saturated rings. The van der Waals surface area contributed by atoms with Gasteiger partial charge in [0.05, 0.1) is 4.92 Å². The predicted molar refractivity (Wildman–Crippen MR) is 92.9 cm³/mol. The molecule has 1 N–H and O–H groups in total. The first kappa shape index (κ1) is 17.7. The van der Waals surface area contributed by atoms with Gasteiger partial charge in [-0.15, -0.1) is 0 Å². The van der Waals surface area contributed by atoms with Crippen LogP contribution in [-0.2, 0) is 4.79 Å². The number of hydrogen-bond acceptors (Lipinski definition) is 4. The molecule has 0 atom stereocenters. The summed E-state index contributed by atoms with van der Waals surface area (Å²) in [6.07, 6.45) is 0. The number of hydrogen-bond donors (Lipinski definition) is 1. The number of anilines is 1. The first-order chi connectivity index (χ1) is 11.3. The number of aryl methyl sites for hydroxylation is 2. The van der Waals surface area contributed by atoms with E-state index in [1.165, 1.54) is 12.1 Å². The molecule has 0 aromatic heterocycles.